The van der Waals surface area contributed by atoms with Crippen LogP contribution in [-0.2, 0) is 4.74 Å². The number of rotatable bonds is 3. The smallest absolute Gasteiger partial charge is 0.413 e. The molecule has 1 N–H and O–H groups in total. The number of carbonyl (C=O) groups is 1. The summed E-state index contributed by atoms with van der Waals surface area (Å²) in [4.78, 5) is 12.5. The molecule has 0 aromatic heterocycles. The third-order valence-corrected chi connectivity index (χ3v) is 3.22. The third-order valence-electron chi connectivity index (χ3n) is 3.22. The fraction of sp³-hybridized carbons (Fsp3) is 0.909. The number of ether oxygens (including phenoxy) is 1. The molecule has 1 amide bonds. The predicted molar refractivity (Wildman–Crippen MR) is 60.3 cm³/mol. The molecule has 1 aliphatic heterocycles. The van der Waals surface area contributed by atoms with Gasteiger partial charge < -0.3 is 10.1 Å². The minimum atomic E-state index is -4.47. The molecule has 0 spiro atoms. The van der Waals surface area contributed by atoms with E-state index in [1.165, 1.54) is 7.05 Å². The van der Waals surface area contributed by atoms with Gasteiger partial charge in [-0.15, -0.1) is 0 Å². The van der Waals surface area contributed by atoms with Gasteiger partial charge in [0.1, 0.15) is 0 Å². The van der Waals surface area contributed by atoms with E-state index in [1.807, 2.05) is 0 Å². The van der Waals surface area contributed by atoms with E-state index in [-0.39, 0.29) is 26.1 Å². The Labute approximate surface area is 104 Å². The van der Waals surface area contributed by atoms with Crippen LogP contribution in [0.3, 0.4) is 0 Å². The lowest BCUT2D eigenvalue weighted by Crippen LogP contribution is -2.66. The Kier molecular flexibility index (Phi) is 4.84. The molecule has 0 aliphatic carbocycles. The molecule has 1 unspecified atom stereocenters. The number of hydrogen-bond acceptors (Lipinski definition) is 3. The number of nitrogens with one attached hydrogen (secondary N) is 1. The lowest BCUT2D eigenvalue weighted by atomic mass is 9.86. The highest BCUT2D eigenvalue weighted by atomic mass is 19.4. The molecule has 1 heterocycles. The summed E-state index contributed by atoms with van der Waals surface area (Å²) in [6.07, 6.45) is -4.42. The van der Waals surface area contributed by atoms with Gasteiger partial charge in [-0.3, -0.25) is 4.90 Å². The van der Waals surface area contributed by atoms with E-state index in [0.29, 0.717) is 12.8 Å². The van der Waals surface area contributed by atoms with Crippen molar-refractivity contribution >= 4 is 6.09 Å². The minimum absolute atomic E-state index is 0.0722. The summed E-state index contributed by atoms with van der Waals surface area (Å²) >= 11 is 0. The molecular weight excluding hydrogens is 249 g/mol. The van der Waals surface area contributed by atoms with E-state index in [0.717, 1.165) is 4.90 Å². The average molecular weight is 268 g/mol. The van der Waals surface area contributed by atoms with E-state index < -0.39 is 17.8 Å². The van der Waals surface area contributed by atoms with Crippen molar-refractivity contribution in [2.45, 2.75) is 37.9 Å². The molecule has 1 aliphatic rings. The van der Waals surface area contributed by atoms with Crippen molar-refractivity contribution in [2.24, 2.45) is 0 Å². The summed E-state index contributed by atoms with van der Waals surface area (Å²) in [5.74, 6) is 0. The number of piperidine rings is 1. The first-order valence-corrected chi connectivity index (χ1v) is 6.05. The van der Waals surface area contributed by atoms with Crippen molar-refractivity contribution in [3.63, 3.8) is 0 Å². The molecule has 106 valence electrons. The van der Waals surface area contributed by atoms with Crippen LogP contribution in [0.15, 0.2) is 0 Å². The predicted octanol–water partition coefficient (Wildman–Crippen LogP) is 2.15. The minimum Gasteiger partial charge on any atom is -0.450 e. The Morgan fingerprint density at radius 3 is 2.61 bits per heavy atom. The van der Waals surface area contributed by atoms with Crippen LogP contribution in [0.25, 0.3) is 0 Å². The Balaban J connectivity index is 3.05. The van der Waals surface area contributed by atoms with E-state index in [4.69, 9.17) is 4.74 Å². The molecular formula is C11H19F3N2O2. The third kappa shape index (κ3) is 2.71. The monoisotopic (exact) mass is 268 g/mol. The van der Waals surface area contributed by atoms with E-state index in [1.54, 1.807) is 6.92 Å². The van der Waals surface area contributed by atoms with Crippen LogP contribution in [-0.4, -0.2) is 49.5 Å². The van der Waals surface area contributed by atoms with Gasteiger partial charge in [-0.25, -0.2) is 4.79 Å². The van der Waals surface area contributed by atoms with Crippen LogP contribution in [0.4, 0.5) is 18.0 Å². The zero-order valence-electron chi connectivity index (χ0n) is 10.6. The quantitative estimate of drug-likeness (QED) is 0.852. The molecule has 1 atom stereocenters. The summed E-state index contributed by atoms with van der Waals surface area (Å²) in [5, 5.41) is 2.54. The first kappa shape index (κ1) is 15.1. The van der Waals surface area contributed by atoms with Gasteiger partial charge in [0.15, 0.2) is 5.54 Å². The molecule has 0 saturated carbocycles. The molecule has 0 aromatic rings. The van der Waals surface area contributed by atoms with Gasteiger partial charge in [0.25, 0.3) is 0 Å². The fourth-order valence-corrected chi connectivity index (χ4v) is 2.38. The maximum absolute atomic E-state index is 13.3. The van der Waals surface area contributed by atoms with Crippen molar-refractivity contribution in [3.05, 3.63) is 0 Å². The van der Waals surface area contributed by atoms with Gasteiger partial charge in [0.05, 0.1) is 6.61 Å². The summed E-state index contributed by atoms with van der Waals surface area (Å²) < 4.78 is 44.8. The Hall–Kier alpha value is -0.980. The molecule has 4 nitrogen and oxygen atoms in total. The summed E-state index contributed by atoms with van der Waals surface area (Å²) in [6, 6.07) is 0. The second-order valence-corrected chi connectivity index (χ2v) is 4.37. The molecule has 7 heteroatoms. The molecule has 0 bridgehead atoms. The van der Waals surface area contributed by atoms with Gasteiger partial charge in [0, 0.05) is 13.1 Å². The average Bonchev–Trinajstić information content (AvgIpc) is 2.29. The summed E-state index contributed by atoms with van der Waals surface area (Å²) in [5.41, 5.74) is -2.15. The molecule has 1 rings (SSSR count). The van der Waals surface area contributed by atoms with Gasteiger partial charge in [-0.2, -0.15) is 13.2 Å². The maximum atomic E-state index is 13.3. The maximum Gasteiger partial charge on any atom is 0.413 e. The highest BCUT2D eigenvalue weighted by molar-refractivity contribution is 5.69. The van der Waals surface area contributed by atoms with Gasteiger partial charge in [-0.05, 0) is 33.2 Å². The van der Waals surface area contributed by atoms with Gasteiger partial charge in [-0.1, -0.05) is 0 Å². The molecule has 0 radical (unpaired) electrons. The highest BCUT2D eigenvalue weighted by Gasteiger charge is 2.60. The van der Waals surface area contributed by atoms with Crippen molar-refractivity contribution < 1.29 is 22.7 Å². The largest absolute Gasteiger partial charge is 0.450 e. The number of nitrogens with zero attached hydrogens (tertiary/aromatic N) is 1. The number of amides is 1. The van der Waals surface area contributed by atoms with Crippen LogP contribution in [0.1, 0.15) is 26.2 Å². The van der Waals surface area contributed by atoms with E-state index in [2.05, 4.69) is 5.32 Å². The van der Waals surface area contributed by atoms with Crippen molar-refractivity contribution in [3.8, 4) is 0 Å². The topological polar surface area (TPSA) is 41.6 Å². The summed E-state index contributed by atoms with van der Waals surface area (Å²) in [7, 11) is 1.45. The fourth-order valence-electron chi connectivity index (χ4n) is 2.38. The lowest BCUT2D eigenvalue weighted by Gasteiger charge is -2.47. The Bertz CT molecular complexity index is 293. The van der Waals surface area contributed by atoms with Crippen LogP contribution >= 0.6 is 0 Å². The zero-order chi connectivity index (χ0) is 13.8. The Morgan fingerprint density at radius 2 is 2.11 bits per heavy atom. The summed E-state index contributed by atoms with van der Waals surface area (Å²) in [6.45, 7) is 1.42. The van der Waals surface area contributed by atoms with Crippen LogP contribution < -0.4 is 5.32 Å². The standard InChI is InChI=1S/C11H19F3N2O2/c1-3-18-9(17)16-7-5-4-6-10(16,8-15-2)11(12,13)14/h15H,3-8H2,1-2H3. The first-order valence-electron chi connectivity index (χ1n) is 6.05. The SMILES string of the molecule is CCOC(=O)N1CCCCC1(CNC)C(F)(F)F. The van der Waals surface area contributed by atoms with Crippen LogP contribution in [0.5, 0.6) is 0 Å². The highest BCUT2D eigenvalue weighted by Crippen LogP contribution is 2.42. The first-order chi connectivity index (χ1) is 8.39. The zero-order valence-corrected chi connectivity index (χ0v) is 10.6. The number of alkyl halides is 3. The number of carbonyl (C=O) groups excluding carboxylic acids is 1. The number of halogens is 3. The number of hydrogen-bond donors (Lipinski definition) is 1. The van der Waals surface area contributed by atoms with Crippen molar-refractivity contribution in [1.82, 2.24) is 10.2 Å². The normalized spacial score (nSPS) is 25.1. The number of likely N-dealkylation sites (N-methyl/N-ethyl adjacent to an activating group) is 1. The molecule has 0 aromatic carbocycles. The Morgan fingerprint density at radius 1 is 1.44 bits per heavy atom. The van der Waals surface area contributed by atoms with Crippen LogP contribution in [0, 0.1) is 0 Å². The molecule has 1 saturated heterocycles. The van der Waals surface area contributed by atoms with Crippen LogP contribution in [0.2, 0.25) is 0 Å². The molecule has 18 heavy (non-hydrogen) atoms. The van der Waals surface area contributed by atoms with Gasteiger partial charge >= 0.3 is 12.3 Å². The second kappa shape index (κ2) is 5.77. The molecule has 1 fully saturated rings. The van der Waals surface area contributed by atoms with E-state index in [9.17, 15) is 18.0 Å². The van der Waals surface area contributed by atoms with Crippen molar-refractivity contribution in [1.29, 1.82) is 0 Å². The lowest BCUT2D eigenvalue weighted by molar-refractivity contribution is -0.232. The second-order valence-electron chi connectivity index (χ2n) is 4.37. The van der Waals surface area contributed by atoms with Crippen molar-refractivity contribution in [2.75, 3.05) is 26.7 Å². The van der Waals surface area contributed by atoms with Gasteiger partial charge in [0.2, 0.25) is 0 Å². The number of likely N-dealkylation sites (tertiary alicyclic amines) is 1. The van der Waals surface area contributed by atoms with E-state index >= 15 is 0 Å².